The number of unbranched alkanes of at least 4 members (excludes halogenated alkanes) is 1. The van der Waals surface area contributed by atoms with Crippen LogP contribution in [0.25, 0.3) is 0 Å². The molecule has 3 heteroatoms. The Morgan fingerprint density at radius 1 is 1.60 bits per heavy atom. The average Bonchev–Trinajstić information content (AvgIpc) is 1.82. The minimum atomic E-state index is 0.582. The van der Waals surface area contributed by atoms with Gasteiger partial charge in [0.15, 0.2) is 0 Å². The minimum absolute atomic E-state index is 0.582. The zero-order valence-corrected chi connectivity index (χ0v) is 7.58. The second-order valence-electron chi connectivity index (χ2n) is 2.56. The largest absolute Gasteiger partial charge is 0.392 e. The van der Waals surface area contributed by atoms with E-state index in [1.165, 1.54) is 12.8 Å². The summed E-state index contributed by atoms with van der Waals surface area (Å²) in [4.78, 5) is 2.73. The van der Waals surface area contributed by atoms with Crippen LogP contribution in [-0.4, -0.2) is 30.0 Å². The molecule has 0 aliphatic carbocycles. The Bertz CT molecular complexity index is 104. The molecule has 2 nitrogen and oxygen atoms in total. The summed E-state index contributed by atoms with van der Waals surface area (Å²) in [5.41, 5.74) is 5.35. The SMILES string of the molecule is CCCCN(C)CC(N)=S. The molecule has 0 saturated carbocycles. The van der Waals surface area contributed by atoms with Gasteiger partial charge in [-0.25, -0.2) is 0 Å². The van der Waals surface area contributed by atoms with Gasteiger partial charge in [-0.2, -0.15) is 0 Å². The first kappa shape index (κ1) is 9.85. The molecular weight excluding hydrogens is 144 g/mol. The van der Waals surface area contributed by atoms with Gasteiger partial charge in [0.25, 0.3) is 0 Å². The minimum Gasteiger partial charge on any atom is -0.392 e. The Morgan fingerprint density at radius 2 is 2.20 bits per heavy atom. The van der Waals surface area contributed by atoms with Crippen LogP contribution in [0.2, 0.25) is 0 Å². The molecule has 2 N–H and O–H groups in total. The van der Waals surface area contributed by atoms with Crippen LogP contribution in [0, 0.1) is 0 Å². The summed E-state index contributed by atoms with van der Waals surface area (Å²) in [7, 11) is 2.04. The lowest BCUT2D eigenvalue weighted by Gasteiger charge is -2.14. The molecule has 0 aromatic heterocycles. The van der Waals surface area contributed by atoms with Gasteiger partial charge in [0.1, 0.15) is 0 Å². The van der Waals surface area contributed by atoms with Crippen LogP contribution in [0.4, 0.5) is 0 Å². The zero-order valence-electron chi connectivity index (χ0n) is 6.76. The monoisotopic (exact) mass is 160 g/mol. The molecule has 0 saturated heterocycles. The third-order valence-electron chi connectivity index (χ3n) is 1.32. The first-order valence-electron chi connectivity index (χ1n) is 3.63. The zero-order chi connectivity index (χ0) is 7.98. The molecule has 0 aliphatic heterocycles. The van der Waals surface area contributed by atoms with Gasteiger partial charge < -0.3 is 5.73 Å². The molecule has 0 bridgehead atoms. The van der Waals surface area contributed by atoms with Gasteiger partial charge >= 0.3 is 0 Å². The molecule has 0 spiro atoms. The van der Waals surface area contributed by atoms with Crippen LogP contribution in [-0.2, 0) is 0 Å². The van der Waals surface area contributed by atoms with E-state index in [0.29, 0.717) is 4.99 Å². The quantitative estimate of drug-likeness (QED) is 0.608. The van der Waals surface area contributed by atoms with Crippen molar-refractivity contribution in [3.63, 3.8) is 0 Å². The van der Waals surface area contributed by atoms with Crippen LogP contribution < -0.4 is 5.73 Å². The second kappa shape index (κ2) is 5.62. The van der Waals surface area contributed by atoms with Gasteiger partial charge in [-0.1, -0.05) is 25.6 Å². The highest BCUT2D eigenvalue weighted by atomic mass is 32.1. The summed E-state index contributed by atoms with van der Waals surface area (Å²) < 4.78 is 0. The fraction of sp³-hybridized carbons (Fsp3) is 0.857. The highest BCUT2D eigenvalue weighted by Gasteiger charge is 1.96. The van der Waals surface area contributed by atoms with Crippen molar-refractivity contribution in [1.82, 2.24) is 4.90 Å². The number of thiocarbonyl (C=S) groups is 1. The molecule has 0 aromatic rings. The molecule has 0 aliphatic rings. The van der Waals surface area contributed by atoms with Gasteiger partial charge in [0, 0.05) is 6.54 Å². The van der Waals surface area contributed by atoms with Crippen molar-refractivity contribution in [2.45, 2.75) is 19.8 Å². The summed E-state index contributed by atoms with van der Waals surface area (Å²) >= 11 is 4.76. The third-order valence-corrected chi connectivity index (χ3v) is 1.45. The van der Waals surface area contributed by atoms with Crippen LogP contribution in [0.3, 0.4) is 0 Å². The molecular formula is C7H16N2S. The molecule has 0 fully saturated rings. The van der Waals surface area contributed by atoms with E-state index in [1.54, 1.807) is 0 Å². The Balaban J connectivity index is 3.25. The highest BCUT2D eigenvalue weighted by Crippen LogP contribution is 1.90. The van der Waals surface area contributed by atoms with Crippen LogP contribution in [0.5, 0.6) is 0 Å². The Morgan fingerprint density at radius 3 is 2.60 bits per heavy atom. The molecule has 10 heavy (non-hydrogen) atoms. The lowest BCUT2D eigenvalue weighted by molar-refractivity contribution is 0.373. The van der Waals surface area contributed by atoms with Crippen molar-refractivity contribution < 1.29 is 0 Å². The van der Waals surface area contributed by atoms with E-state index in [2.05, 4.69) is 11.8 Å². The second-order valence-corrected chi connectivity index (χ2v) is 3.08. The van der Waals surface area contributed by atoms with Gasteiger partial charge in [-0.15, -0.1) is 0 Å². The van der Waals surface area contributed by atoms with E-state index in [9.17, 15) is 0 Å². The summed E-state index contributed by atoms with van der Waals surface area (Å²) in [5.74, 6) is 0. The van der Waals surface area contributed by atoms with Gasteiger partial charge in [0.2, 0.25) is 0 Å². The van der Waals surface area contributed by atoms with Gasteiger partial charge in [0.05, 0.1) is 4.99 Å². The number of nitrogens with zero attached hydrogens (tertiary/aromatic N) is 1. The van der Waals surface area contributed by atoms with E-state index in [1.807, 2.05) is 7.05 Å². The normalized spacial score (nSPS) is 10.3. The van der Waals surface area contributed by atoms with Crippen LogP contribution in [0.15, 0.2) is 0 Å². The third kappa shape index (κ3) is 5.98. The van der Waals surface area contributed by atoms with Crippen LogP contribution in [0.1, 0.15) is 19.8 Å². The van der Waals surface area contributed by atoms with Crippen molar-refractivity contribution in [2.24, 2.45) is 5.73 Å². The number of hydrogen-bond acceptors (Lipinski definition) is 2. The Hall–Kier alpha value is -0.150. The van der Waals surface area contributed by atoms with E-state index >= 15 is 0 Å². The van der Waals surface area contributed by atoms with Crippen molar-refractivity contribution in [3.05, 3.63) is 0 Å². The maximum Gasteiger partial charge on any atom is 0.0869 e. The molecule has 0 unspecified atom stereocenters. The molecule has 0 aromatic carbocycles. The van der Waals surface area contributed by atoms with Crippen molar-refractivity contribution in [2.75, 3.05) is 20.1 Å². The maximum atomic E-state index is 5.35. The van der Waals surface area contributed by atoms with E-state index in [-0.39, 0.29) is 0 Å². The predicted octanol–water partition coefficient (Wildman–Crippen LogP) is 1.00. The number of nitrogens with two attached hydrogens (primary N) is 1. The Labute approximate surface area is 68.4 Å². The molecule has 0 radical (unpaired) electrons. The van der Waals surface area contributed by atoms with Crippen molar-refractivity contribution in [1.29, 1.82) is 0 Å². The standard InChI is InChI=1S/C7H16N2S/c1-3-4-5-9(2)6-7(8)10/h3-6H2,1-2H3,(H2,8,10). The van der Waals surface area contributed by atoms with E-state index in [4.69, 9.17) is 18.0 Å². The number of likely N-dealkylation sites (N-methyl/N-ethyl adjacent to an activating group) is 1. The smallest absolute Gasteiger partial charge is 0.0869 e. The van der Waals surface area contributed by atoms with Gasteiger partial charge in [-0.3, -0.25) is 4.90 Å². The molecule has 0 rings (SSSR count). The summed E-state index contributed by atoms with van der Waals surface area (Å²) in [5, 5.41) is 0. The van der Waals surface area contributed by atoms with Crippen molar-refractivity contribution in [3.8, 4) is 0 Å². The first-order valence-corrected chi connectivity index (χ1v) is 4.04. The Kier molecular flexibility index (Phi) is 5.54. The number of rotatable bonds is 5. The summed E-state index contributed by atoms with van der Waals surface area (Å²) in [6.45, 7) is 4.01. The van der Waals surface area contributed by atoms with Gasteiger partial charge in [-0.05, 0) is 20.0 Å². The fourth-order valence-electron chi connectivity index (χ4n) is 0.773. The van der Waals surface area contributed by atoms with E-state index in [0.717, 1.165) is 13.1 Å². The lowest BCUT2D eigenvalue weighted by atomic mass is 10.3. The topological polar surface area (TPSA) is 29.3 Å². The maximum absolute atomic E-state index is 5.35. The fourth-order valence-corrected chi connectivity index (χ4v) is 0.994. The number of hydrogen-bond donors (Lipinski definition) is 1. The predicted molar refractivity (Wildman–Crippen MR) is 49.2 cm³/mol. The summed E-state index contributed by atoms with van der Waals surface area (Å²) in [6, 6.07) is 0. The summed E-state index contributed by atoms with van der Waals surface area (Å²) in [6.07, 6.45) is 2.45. The first-order chi connectivity index (χ1) is 4.66. The molecule has 0 atom stereocenters. The average molecular weight is 160 g/mol. The lowest BCUT2D eigenvalue weighted by Crippen LogP contribution is -2.30. The molecule has 60 valence electrons. The van der Waals surface area contributed by atoms with E-state index < -0.39 is 0 Å². The van der Waals surface area contributed by atoms with Crippen LogP contribution >= 0.6 is 12.2 Å². The van der Waals surface area contributed by atoms with Crippen molar-refractivity contribution >= 4 is 17.2 Å². The molecule has 0 amide bonds. The molecule has 0 heterocycles. The highest BCUT2D eigenvalue weighted by molar-refractivity contribution is 7.80.